The van der Waals surface area contributed by atoms with Gasteiger partial charge in [-0.3, -0.25) is 14.6 Å². The molecule has 8 heteroatoms. The summed E-state index contributed by atoms with van der Waals surface area (Å²) >= 11 is 0. The van der Waals surface area contributed by atoms with Crippen LogP contribution in [0.5, 0.6) is 0 Å². The summed E-state index contributed by atoms with van der Waals surface area (Å²) in [6.07, 6.45) is 3.38. The largest absolute Gasteiger partial charge is 0.346 e. The zero-order chi connectivity index (χ0) is 15.1. The number of nitrogens with one attached hydrogen (secondary N) is 1. The first-order valence-corrected chi connectivity index (χ1v) is 6.58. The second kappa shape index (κ2) is 11.2. The van der Waals surface area contributed by atoms with E-state index in [1.54, 1.807) is 19.4 Å². The number of carbonyl (C=O) groups is 2. The highest BCUT2D eigenvalue weighted by Gasteiger charge is 2.18. The summed E-state index contributed by atoms with van der Waals surface area (Å²) in [6, 6.07) is 3.12. The summed E-state index contributed by atoms with van der Waals surface area (Å²) in [5.74, 6) is -0.431. The van der Waals surface area contributed by atoms with E-state index < -0.39 is 6.04 Å². The summed E-state index contributed by atoms with van der Waals surface area (Å²) in [7, 11) is 1.68. The van der Waals surface area contributed by atoms with Crippen LogP contribution in [-0.2, 0) is 16.1 Å². The Bertz CT molecular complexity index is 457. The van der Waals surface area contributed by atoms with Gasteiger partial charge in [-0.25, -0.2) is 0 Å². The van der Waals surface area contributed by atoms with Crippen LogP contribution in [0.2, 0.25) is 0 Å². The molecule has 1 rings (SSSR count). The quantitative estimate of drug-likeness (QED) is 0.800. The fourth-order valence-electron chi connectivity index (χ4n) is 1.57. The van der Waals surface area contributed by atoms with Crippen LogP contribution in [0, 0.1) is 5.92 Å². The minimum Gasteiger partial charge on any atom is -0.346 e. The average Bonchev–Trinajstić information content (AvgIpc) is 2.44. The Kier molecular flexibility index (Phi) is 11.7. The van der Waals surface area contributed by atoms with Crippen LogP contribution >= 0.6 is 24.8 Å². The van der Waals surface area contributed by atoms with E-state index in [4.69, 9.17) is 5.73 Å². The van der Waals surface area contributed by atoms with Gasteiger partial charge in [0, 0.05) is 26.0 Å². The number of hydrogen-bond acceptors (Lipinski definition) is 4. The molecule has 126 valence electrons. The molecule has 1 heterocycles. The number of carbonyl (C=O) groups excluding carboxylic acids is 2. The molecule has 3 N–H and O–H groups in total. The van der Waals surface area contributed by atoms with E-state index in [0.717, 1.165) is 5.56 Å². The number of nitrogens with two attached hydrogens (primary N) is 1. The third-order valence-corrected chi connectivity index (χ3v) is 3.00. The van der Waals surface area contributed by atoms with Crippen LogP contribution in [0.15, 0.2) is 24.5 Å². The lowest BCUT2D eigenvalue weighted by atomic mass is 10.1. The summed E-state index contributed by atoms with van der Waals surface area (Å²) in [4.78, 5) is 29.1. The van der Waals surface area contributed by atoms with Gasteiger partial charge in [0.2, 0.25) is 11.8 Å². The number of amides is 2. The minimum atomic E-state index is -0.591. The lowest BCUT2D eigenvalue weighted by Crippen LogP contribution is -2.47. The molecule has 0 bridgehead atoms. The lowest BCUT2D eigenvalue weighted by molar-refractivity contribution is -0.132. The molecule has 0 aliphatic heterocycles. The van der Waals surface area contributed by atoms with Gasteiger partial charge < -0.3 is 16.0 Å². The molecular weight excluding hydrogens is 327 g/mol. The van der Waals surface area contributed by atoms with E-state index in [9.17, 15) is 9.59 Å². The first-order valence-electron chi connectivity index (χ1n) is 6.58. The van der Waals surface area contributed by atoms with Crippen LogP contribution < -0.4 is 11.1 Å². The van der Waals surface area contributed by atoms with Crippen molar-refractivity contribution in [1.82, 2.24) is 15.2 Å². The van der Waals surface area contributed by atoms with Gasteiger partial charge in [0.1, 0.15) is 0 Å². The SMILES string of the molecule is CC(C)[C@H](N)C(=O)NCC(=O)N(C)Cc1cccnc1.Cl.Cl. The van der Waals surface area contributed by atoms with Gasteiger partial charge in [-0.15, -0.1) is 24.8 Å². The molecule has 0 saturated heterocycles. The number of rotatable bonds is 6. The van der Waals surface area contributed by atoms with Gasteiger partial charge in [0.15, 0.2) is 0 Å². The van der Waals surface area contributed by atoms with Crippen molar-refractivity contribution < 1.29 is 9.59 Å². The molecule has 2 amide bonds. The van der Waals surface area contributed by atoms with Crippen molar-refractivity contribution in [3.05, 3.63) is 30.1 Å². The zero-order valence-electron chi connectivity index (χ0n) is 13.0. The number of likely N-dealkylation sites (N-methyl/N-ethyl adjacent to an activating group) is 1. The Labute approximate surface area is 143 Å². The van der Waals surface area contributed by atoms with Crippen molar-refractivity contribution >= 4 is 36.6 Å². The molecule has 0 aliphatic carbocycles. The minimum absolute atomic E-state index is 0. The van der Waals surface area contributed by atoms with Crippen molar-refractivity contribution in [2.75, 3.05) is 13.6 Å². The average molecular weight is 351 g/mol. The molecule has 0 unspecified atom stereocenters. The number of hydrogen-bond donors (Lipinski definition) is 2. The van der Waals surface area contributed by atoms with Gasteiger partial charge >= 0.3 is 0 Å². The molecule has 0 spiro atoms. The molecule has 22 heavy (non-hydrogen) atoms. The maximum atomic E-state index is 11.9. The van der Waals surface area contributed by atoms with E-state index in [2.05, 4.69) is 10.3 Å². The molecule has 0 fully saturated rings. The smallest absolute Gasteiger partial charge is 0.242 e. The van der Waals surface area contributed by atoms with Crippen LogP contribution in [-0.4, -0.2) is 41.3 Å². The van der Waals surface area contributed by atoms with Gasteiger partial charge in [-0.05, 0) is 17.5 Å². The van der Waals surface area contributed by atoms with Crippen molar-refractivity contribution in [3.63, 3.8) is 0 Å². The third-order valence-electron chi connectivity index (χ3n) is 3.00. The number of pyridine rings is 1. The van der Waals surface area contributed by atoms with Crippen molar-refractivity contribution in [3.8, 4) is 0 Å². The number of aromatic nitrogens is 1. The Hall–Kier alpha value is -1.37. The molecule has 1 aromatic rings. The second-order valence-electron chi connectivity index (χ2n) is 5.10. The van der Waals surface area contributed by atoms with E-state index in [1.807, 2.05) is 26.0 Å². The van der Waals surface area contributed by atoms with E-state index >= 15 is 0 Å². The van der Waals surface area contributed by atoms with Crippen molar-refractivity contribution in [2.24, 2.45) is 11.7 Å². The Morgan fingerprint density at radius 3 is 2.50 bits per heavy atom. The van der Waals surface area contributed by atoms with Crippen LogP contribution in [0.4, 0.5) is 0 Å². The van der Waals surface area contributed by atoms with Gasteiger partial charge in [-0.2, -0.15) is 0 Å². The van der Waals surface area contributed by atoms with E-state index in [0.29, 0.717) is 6.54 Å². The molecule has 0 saturated carbocycles. The van der Waals surface area contributed by atoms with Crippen LogP contribution in [0.25, 0.3) is 0 Å². The molecule has 1 aromatic heterocycles. The first kappa shape index (κ1) is 22.9. The molecule has 1 atom stereocenters. The summed E-state index contributed by atoms with van der Waals surface area (Å²) < 4.78 is 0. The predicted molar refractivity (Wildman–Crippen MR) is 91.0 cm³/mol. The monoisotopic (exact) mass is 350 g/mol. The number of halogens is 2. The van der Waals surface area contributed by atoms with E-state index in [-0.39, 0.29) is 49.1 Å². The highest BCUT2D eigenvalue weighted by molar-refractivity contribution is 5.87. The maximum Gasteiger partial charge on any atom is 0.242 e. The summed E-state index contributed by atoms with van der Waals surface area (Å²) in [5, 5.41) is 2.56. The van der Waals surface area contributed by atoms with E-state index in [1.165, 1.54) is 4.90 Å². The fourth-order valence-corrected chi connectivity index (χ4v) is 1.57. The first-order chi connectivity index (χ1) is 9.41. The normalized spacial score (nSPS) is 11.0. The maximum absolute atomic E-state index is 11.9. The highest BCUT2D eigenvalue weighted by atomic mass is 35.5. The van der Waals surface area contributed by atoms with Crippen molar-refractivity contribution in [1.29, 1.82) is 0 Å². The fraction of sp³-hybridized carbons (Fsp3) is 0.500. The van der Waals surface area contributed by atoms with Crippen LogP contribution in [0.3, 0.4) is 0 Å². The lowest BCUT2D eigenvalue weighted by Gasteiger charge is -2.19. The topological polar surface area (TPSA) is 88.3 Å². The van der Waals surface area contributed by atoms with Crippen molar-refractivity contribution in [2.45, 2.75) is 26.4 Å². The number of nitrogens with zero attached hydrogens (tertiary/aromatic N) is 2. The summed E-state index contributed by atoms with van der Waals surface area (Å²) in [5.41, 5.74) is 6.64. The molecule has 0 aromatic carbocycles. The van der Waals surface area contributed by atoms with Gasteiger partial charge in [-0.1, -0.05) is 19.9 Å². The second-order valence-corrected chi connectivity index (χ2v) is 5.10. The highest BCUT2D eigenvalue weighted by Crippen LogP contribution is 2.01. The molecule has 0 radical (unpaired) electrons. The predicted octanol–water partition coefficient (Wildman–Crippen LogP) is 0.983. The Balaban J connectivity index is 0. The molecule has 6 nitrogen and oxygen atoms in total. The zero-order valence-corrected chi connectivity index (χ0v) is 14.6. The third kappa shape index (κ3) is 7.59. The van der Waals surface area contributed by atoms with Gasteiger partial charge in [0.05, 0.1) is 12.6 Å². The van der Waals surface area contributed by atoms with Gasteiger partial charge in [0.25, 0.3) is 0 Å². The van der Waals surface area contributed by atoms with Crippen LogP contribution in [0.1, 0.15) is 19.4 Å². The molecular formula is C14H24Cl2N4O2. The Morgan fingerprint density at radius 2 is 2.00 bits per heavy atom. The molecule has 0 aliphatic rings. The standard InChI is InChI=1S/C14H22N4O2.2ClH/c1-10(2)13(15)14(20)17-8-12(19)18(3)9-11-5-4-6-16-7-11;;/h4-7,10,13H,8-9,15H2,1-3H3,(H,17,20);2*1H/t13-;;/m0../s1. The Morgan fingerprint density at radius 1 is 1.36 bits per heavy atom. The summed E-state index contributed by atoms with van der Waals surface area (Å²) in [6.45, 7) is 4.13.